The van der Waals surface area contributed by atoms with Gasteiger partial charge >= 0.3 is 5.97 Å². The maximum atomic E-state index is 13.6. The average molecular weight is 487 g/mol. The summed E-state index contributed by atoms with van der Waals surface area (Å²) in [6, 6.07) is 17.4. The number of ether oxygens (including phenoxy) is 1. The number of hydrogen-bond donors (Lipinski definition) is 0. The van der Waals surface area contributed by atoms with Crippen molar-refractivity contribution in [1.29, 1.82) is 0 Å². The van der Waals surface area contributed by atoms with Crippen molar-refractivity contribution in [2.45, 2.75) is 46.1 Å². The maximum absolute atomic E-state index is 13.6. The Labute approximate surface area is 209 Å². The topological polar surface area (TPSA) is 60.7 Å². The van der Waals surface area contributed by atoms with Gasteiger partial charge in [0.05, 0.1) is 28.5 Å². The van der Waals surface area contributed by atoms with Crippen molar-refractivity contribution in [3.05, 3.63) is 108 Å². The summed E-state index contributed by atoms with van der Waals surface area (Å²) >= 11 is 1.33. The van der Waals surface area contributed by atoms with Crippen LogP contribution in [-0.2, 0) is 14.9 Å². The molecule has 0 radical (unpaired) electrons. The van der Waals surface area contributed by atoms with E-state index in [4.69, 9.17) is 4.74 Å². The highest BCUT2D eigenvalue weighted by atomic mass is 32.1. The predicted molar refractivity (Wildman–Crippen MR) is 142 cm³/mol. The molecule has 0 N–H and O–H groups in total. The highest BCUT2D eigenvalue weighted by molar-refractivity contribution is 7.07. The number of esters is 1. The van der Waals surface area contributed by atoms with E-state index in [9.17, 15) is 9.59 Å². The first-order valence-corrected chi connectivity index (χ1v) is 12.5. The van der Waals surface area contributed by atoms with Crippen LogP contribution in [0, 0.1) is 0 Å². The van der Waals surface area contributed by atoms with Crippen molar-refractivity contribution < 1.29 is 9.53 Å². The van der Waals surface area contributed by atoms with Crippen LogP contribution in [0.25, 0.3) is 12.2 Å². The molecule has 0 fully saturated rings. The average Bonchev–Trinajstić information content (AvgIpc) is 3.12. The quantitative estimate of drug-likeness (QED) is 0.489. The molecule has 0 aliphatic carbocycles. The first kappa shape index (κ1) is 24.6. The summed E-state index contributed by atoms with van der Waals surface area (Å²) in [6.07, 6.45) is 5.68. The fourth-order valence-corrected chi connectivity index (χ4v) is 5.07. The Bertz CT molecular complexity index is 1470. The third-order valence-corrected chi connectivity index (χ3v) is 6.89. The smallest absolute Gasteiger partial charge is 0.338 e. The summed E-state index contributed by atoms with van der Waals surface area (Å²) in [5.74, 6) is -0.455. The van der Waals surface area contributed by atoms with Crippen LogP contribution in [0.1, 0.15) is 57.4 Å². The van der Waals surface area contributed by atoms with Crippen LogP contribution in [-0.4, -0.2) is 17.1 Å². The number of benzene rings is 2. The van der Waals surface area contributed by atoms with E-state index >= 15 is 0 Å². The lowest BCUT2D eigenvalue weighted by Crippen LogP contribution is -2.38. The van der Waals surface area contributed by atoms with Gasteiger partial charge in [0.2, 0.25) is 0 Å². The van der Waals surface area contributed by atoms with Crippen molar-refractivity contribution in [3.63, 3.8) is 0 Å². The Kier molecular flexibility index (Phi) is 7.03. The molecule has 1 aliphatic rings. The van der Waals surface area contributed by atoms with E-state index in [2.05, 4.69) is 37.9 Å². The second-order valence-corrected chi connectivity index (χ2v) is 10.5. The fourth-order valence-electron chi connectivity index (χ4n) is 4.01. The zero-order valence-electron chi connectivity index (χ0n) is 20.7. The van der Waals surface area contributed by atoms with Gasteiger partial charge in [0, 0.05) is 0 Å². The SMILES string of the molecule is CCOC(=O)C1=C(C)N=c2s/c(=C/c3ccc(C(C)(C)C)cc3)c(=O)n2[C@H]1/C=C/c1ccccc1. The van der Waals surface area contributed by atoms with Crippen molar-refractivity contribution in [2.24, 2.45) is 4.99 Å². The van der Waals surface area contributed by atoms with E-state index in [1.807, 2.05) is 60.7 Å². The van der Waals surface area contributed by atoms with Crippen LogP contribution in [0.5, 0.6) is 0 Å². The lowest BCUT2D eigenvalue weighted by molar-refractivity contribution is -0.139. The molecular formula is C29H30N2O3S. The first-order chi connectivity index (χ1) is 16.7. The van der Waals surface area contributed by atoms with Gasteiger partial charge < -0.3 is 4.74 Å². The highest BCUT2D eigenvalue weighted by Gasteiger charge is 2.30. The van der Waals surface area contributed by atoms with E-state index in [-0.39, 0.29) is 17.6 Å². The van der Waals surface area contributed by atoms with Gasteiger partial charge in [-0.15, -0.1) is 0 Å². The van der Waals surface area contributed by atoms with E-state index < -0.39 is 12.0 Å². The van der Waals surface area contributed by atoms with Crippen molar-refractivity contribution in [2.75, 3.05) is 6.61 Å². The molecule has 2 aromatic carbocycles. The normalized spacial score (nSPS) is 16.4. The van der Waals surface area contributed by atoms with Crippen LogP contribution in [0.4, 0.5) is 0 Å². The monoisotopic (exact) mass is 486 g/mol. The maximum Gasteiger partial charge on any atom is 0.338 e. The van der Waals surface area contributed by atoms with Crippen LogP contribution in [0.2, 0.25) is 0 Å². The standard InChI is InChI=1S/C29H30N2O3S/c1-6-34-27(33)25-19(2)30-28-31(23(25)17-14-20-10-8-7-9-11-20)26(32)24(35-28)18-21-12-15-22(16-13-21)29(3,4)5/h7-18,23H,6H2,1-5H3/b17-14+,24-18+/t23-/m0/s1. The van der Waals surface area contributed by atoms with Gasteiger partial charge in [0.1, 0.15) is 0 Å². The molecule has 0 unspecified atom stereocenters. The molecule has 5 nitrogen and oxygen atoms in total. The third-order valence-electron chi connectivity index (χ3n) is 5.90. The fraction of sp³-hybridized carbons (Fsp3) is 0.276. The van der Waals surface area contributed by atoms with Crippen molar-refractivity contribution >= 4 is 29.5 Å². The second-order valence-electron chi connectivity index (χ2n) is 9.49. The highest BCUT2D eigenvalue weighted by Crippen LogP contribution is 2.26. The number of aromatic nitrogens is 1. The van der Waals surface area contributed by atoms with E-state index in [1.54, 1.807) is 18.4 Å². The number of nitrogens with zero attached hydrogens (tertiary/aromatic N) is 2. The molecule has 6 heteroatoms. The molecular weight excluding hydrogens is 456 g/mol. The Hall–Kier alpha value is -3.51. The summed E-state index contributed by atoms with van der Waals surface area (Å²) in [7, 11) is 0. The lowest BCUT2D eigenvalue weighted by atomic mass is 9.87. The number of allylic oxidation sites excluding steroid dienone is 2. The molecule has 4 rings (SSSR count). The van der Waals surface area contributed by atoms with Crippen LogP contribution in [0.15, 0.2) is 81.7 Å². The van der Waals surface area contributed by atoms with Gasteiger partial charge in [0.25, 0.3) is 5.56 Å². The molecule has 0 spiro atoms. The zero-order chi connectivity index (χ0) is 25.2. The zero-order valence-corrected chi connectivity index (χ0v) is 21.6. The lowest BCUT2D eigenvalue weighted by Gasteiger charge is -2.21. The molecule has 0 amide bonds. The van der Waals surface area contributed by atoms with Gasteiger partial charge in [-0.3, -0.25) is 9.36 Å². The molecule has 2 heterocycles. The van der Waals surface area contributed by atoms with E-state index in [0.29, 0.717) is 20.6 Å². The van der Waals surface area contributed by atoms with Crippen molar-refractivity contribution in [1.82, 2.24) is 4.57 Å². The molecule has 0 saturated carbocycles. The van der Waals surface area contributed by atoms with Crippen LogP contribution < -0.4 is 14.9 Å². The van der Waals surface area contributed by atoms with Gasteiger partial charge in [-0.1, -0.05) is 98.9 Å². The number of fused-ring (bicyclic) bond motifs is 1. The van der Waals surface area contributed by atoms with E-state index in [1.165, 1.54) is 16.9 Å². The Balaban J connectivity index is 1.82. The Morgan fingerprint density at radius 2 is 1.77 bits per heavy atom. The van der Waals surface area contributed by atoms with Gasteiger partial charge in [-0.25, -0.2) is 9.79 Å². The minimum absolute atomic E-state index is 0.0595. The summed E-state index contributed by atoms with van der Waals surface area (Å²) in [5, 5.41) is 0. The summed E-state index contributed by atoms with van der Waals surface area (Å²) < 4.78 is 7.49. The Morgan fingerprint density at radius 3 is 2.40 bits per heavy atom. The second kappa shape index (κ2) is 10.0. The number of carbonyl (C=O) groups is 1. The van der Waals surface area contributed by atoms with Gasteiger partial charge in [-0.2, -0.15) is 0 Å². The van der Waals surface area contributed by atoms with Crippen LogP contribution in [0.3, 0.4) is 0 Å². The summed E-state index contributed by atoms with van der Waals surface area (Å²) in [6.45, 7) is 10.3. The number of hydrogen-bond acceptors (Lipinski definition) is 5. The minimum Gasteiger partial charge on any atom is -0.463 e. The number of thiazole rings is 1. The molecule has 35 heavy (non-hydrogen) atoms. The molecule has 1 aromatic heterocycles. The molecule has 0 bridgehead atoms. The number of carbonyl (C=O) groups excluding carboxylic acids is 1. The molecule has 0 saturated heterocycles. The first-order valence-electron chi connectivity index (χ1n) is 11.7. The summed E-state index contributed by atoms with van der Waals surface area (Å²) in [5.41, 5.74) is 3.99. The van der Waals surface area contributed by atoms with Crippen LogP contribution >= 0.6 is 11.3 Å². The Morgan fingerprint density at radius 1 is 1.09 bits per heavy atom. The summed E-state index contributed by atoms with van der Waals surface area (Å²) in [4.78, 5) is 31.6. The molecule has 1 aliphatic heterocycles. The van der Waals surface area contributed by atoms with Gasteiger partial charge in [-0.05, 0) is 42.0 Å². The molecule has 3 aromatic rings. The minimum atomic E-state index is -0.601. The van der Waals surface area contributed by atoms with Gasteiger partial charge in [0.15, 0.2) is 4.80 Å². The molecule has 180 valence electrons. The molecule has 1 atom stereocenters. The number of rotatable bonds is 5. The third kappa shape index (κ3) is 5.28. The predicted octanol–water partition coefficient (Wildman–Crippen LogP) is 4.76. The van der Waals surface area contributed by atoms with E-state index in [0.717, 1.165) is 11.1 Å². The van der Waals surface area contributed by atoms with Crippen molar-refractivity contribution in [3.8, 4) is 0 Å². The largest absolute Gasteiger partial charge is 0.463 e.